The third kappa shape index (κ3) is 8.58. The first-order chi connectivity index (χ1) is 18.4. The molecular weight excluding hydrogens is 520 g/mol. The highest BCUT2D eigenvalue weighted by atomic mass is 35.5. The van der Waals surface area contributed by atoms with Crippen molar-refractivity contribution < 1.29 is 14.3 Å². The van der Waals surface area contributed by atoms with Crippen LogP contribution in [0.2, 0.25) is 5.02 Å². The Morgan fingerprint density at radius 1 is 1.00 bits per heavy atom. The second-order valence-corrected chi connectivity index (χ2v) is 11.4. The molecule has 2 saturated heterocycles. The predicted octanol–water partition coefficient (Wildman–Crippen LogP) is 4.01. The van der Waals surface area contributed by atoms with Crippen LogP contribution < -0.4 is 5.32 Å². The summed E-state index contributed by atoms with van der Waals surface area (Å²) >= 11 is 8.33. The van der Waals surface area contributed by atoms with E-state index < -0.39 is 0 Å². The van der Waals surface area contributed by atoms with Crippen molar-refractivity contribution in [2.24, 2.45) is 0 Å². The summed E-state index contributed by atoms with van der Waals surface area (Å²) < 4.78 is 5.31. The van der Waals surface area contributed by atoms with Gasteiger partial charge in [-0.1, -0.05) is 47.6 Å². The van der Waals surface area contributed by atoms with E-state index in [1.54, 1.807) is 22.7 Å². The van der Waals surface area contributed by atoms with Crippen LogP contribution in [0.15, 0.2) is 58.3 Å². The molecule has 2 fully saturated rings. The summed E-state index contributed by atoms with van der Waals surface area (Å²) in [5, 5.41) is 3.64. The molecule has 0 bridgehead atoms. The quantitative estimate of drug-likeness (QED) is 0.471. The number of hydrogen-bond donors (Lipinski definition) is 1. The number of piperazine rings is 1. The van der Waals surface area contributed by atoms with Gasteiger partial charge < -0.3 is 15.0 Å². The van der Waals surface area contributed by atoms with Crippen molar-refractivity contribution in [3.05, 3.63) is 64.7 Å². The molecule has 0 unspecified atom stereocenters. The molecule has 7 nitrogen and oxygen atoms in total. The second kappa shape index (κ2) is 14.1. The van der Waals surface area contributed by atoms with Gasteiger partial charge in [-0.05, 0) is 49.2 Å². The number of halogens is 1. The first-order valence-electron chi connectivity index (χ1n) is 13.2. The lowest BCUT2D eigenvalue weighted by Crippen LogP contribution is -2.49. The second-order valence-electron chi connectivity index (χ2n) is 9.95. The van der Waals surface area contributed by atoms with E-state index in [0.29, 0.717) is 37.9 Å². The van der Waals surface area contributed by atoms with Crippen LogP contribution >= 0.6 is 23.4 Å². The maximum absolute atomic E-state index is 12.4. The van der Waals surface area contributed by atoms with E-state index in [9.17, 15) is 9.59 Å². The number of carbonyl (C=O) groups is 2. The number of amides is 2. The number of ether oxygens (including phenoxy) is 1. The van der Waals surface area contributed by atoms with Gasteiger partial charge in [-0.15, -0.1) is 0 Å². The van der Waals surface area contributed by atoms with Crippen molar-refractivity contribution in [3.8, 4) is 0 Å². The Bertz CT molecular complexity index is 1130. The monoisotopic (exact) mass is 556 g/mol. The zero-order chi connectivity index (χ0) is 26.9. The normalized spacial score (nSPS) is 17.3. The lowest BCUT2D eigenvalue weighted by Gasteiger charge is -2.34. The topological polar surface area (TPSA) is 65.1 Å². The van der Waals surface area contributed by atoms with Gasteiger partial charge >= 0.3 is 0 Å². The maximum atomic E-state index is 12.4. The molecule has 204 valence electrons. The molecule has 0 aromatic heterocycles. The van der Waals surface area contributed by atoms with Gasteiger partial charge in [0.25, 0.3) is 0 Å². The summed E-state index contributed by atoms with van der Waals surface area (Å²) in [5.74, 6) is 0.0914. The van der Waals surface area contributed by atoms with Gasteiger partial charge in [-0.3, -0.25) is 19.4 Å². The van der Waals surface area contributed by atoms with Gasteiger partial charge in [0.15, 0.2) is 0 Å². The third-order valence-corrected chi connectivity index (χ3v) is 8.18. The van der Waals surface area contributed by atoms with E-state index in [1.165, 1.54) is 10.5 Å². The molecule has 0 aliphatic carbocycles. The summed E-state index contributed by atoms with van der Waals surface area (Å²) in [5.41, 5.74) is 2.16. The van der Waals surface area contributed by atoms with Crippen molar-refractivity contribution in [1.29, 1.82) is 0 Å². The van der Waals surface area contributed by atoms with Gasteiger partial charge in [0, 0.05) is 67.7 Å². The first kappa shape index (κ1) is 28.6. The highest BCUT2D eigenvalue weighted by Crippen LogP contribution is 2.36. The van der Waals surface area contributed by atoms with E-state index >= 15 is 0 Å². The highest BCUT2D eigenvalue weighted by molar-refractivity contribution is 7.99. The molecule has 0 spiro atoms. The Hall–Kier alpha value is -2.36. The molecule has 2 aromatic carbocycles. The fraction of sp³-hybridized carbons (Fsp3) is 0.448. The number of hydrogen-bond acceptors (Lipinski definition) is 6. The highest BCUT2D eigenvalue weighted by Gasteiger charge is 2.20. The van der Waals surface area contributed by atoms with Crippen molar-refractivity contribution in [1.82, 2.24) is 20.0 Å². The molecule has 0 saturated carbocycles. The standard InChI is InChI=1S/C29H37ClN4O3S/c1-22(2)31-28(35)21-33-13-11-32(12-14-33)20-24-5-3-4-6-26(24)38-27-9-7-23(19-25(27)30)8-10-29(36)34-15-17-37-18-16-34/h3-10,19,22H,11-18,20-21H2,1-2H3,(H,31,35)/b10-8+. The van der Waals surface area contributed by atoms with E-state index in [4.69, 9.17) is 16.3 Å². The smallest absolute Gasteiger partial charge is 0.246 e. The van der Waals surface area contributed by atoms with Crippen LogP contribution in [0.1, 0.15) is 25.0 Å². The molecule has 2 heterocycles. The number of nitrogens with one attached hydrogen (secondary N) is 1. The average molecular weight is 557 g/mol. The fourth-order valence-corrected chi connectivity index (χ4v) is 5.77. The minimum absolute atomic E-state index is 0.00328. The van der Waals surface area contributed by atoms with Crippen LogP contribution in [0, 0.1) is 0 Å². The SMILES string of the molecule is CC(C)NC(=O)CN1CCN(Cc2ccccc2Sc2ccc(/C=C/C(=O)N3CCOCC3)cc2Cl)CC1. The van der Waals surface area contributed by atoms with Gasteiger partial charge in [0.2, 0.25) is 11.8 Å². The average Bonchev–Trinajstić information content (AvgIpc) is 2.91. The summed E-state index contributed by atoms with van der Waals surface area (Å²) in [6.07, 6.45) is 3.42. The molecule has 2 amide bonds. The van der Waals surface area contributed by atoms with Crippen molar-refractivity contribution >= 4 is 41.3 Å². The number of nitrogens with zero attached hydrogens (tertiary/aromatic N) is 3. The van der Waals surface area contributed by atoms with Crippen molar-refractivity contribution in [2.75, 3.05) is 59.0 Å². The van der Waals surface area contributed by atoms with E-state index in [-0.39, 0.29) is 17.9 Å². The molecule has 0 atom stereocenters. The molecular formula is C29H37ClN4O3S. The maximum Gasteiger partial charge on any atom is 0.246 e. The third-order valence-electron chi connectivity index (χ3n) is 6.57. The molecule has 4 rings (SSSR count). The van der Waals surface area contributed by atoms with E-state index in [2.05, 4.69) is 39.4 Å². The van der Waals surface area contributed by atoms with Crippen LogP contribution in [0.4, 0.5) is 0 Å². The van der Waals surface area contributed by atoms with Gasteiger partial charge in [0.1, 0.15) is 0 Å². The molecule has 0 radical (unpaired) electrons. The molecule has 2 aromatic rings. The molecule has 2 aliphatic heterocycles. The zero-order valence-corrected chi connectivity index (χ0v) is 23.8. The minimum Gasteiger partial charge on any atom is -0.378 e. The summed E-state index contributed by atoms with van der Waals surface area (Å²) in [6.45, 7) is 11.4. The first-order valence-corrected chi connectivity index (χ1v) is 14.4. The van der Waals surface area contributed by atoms with Gasteiger partial charge in [0.05, 0.1) is 24.8 Å². The lowest BCUT2D eigenvalue weighted by molar-refractivity contribution is -0.129. The Morgan fingerprint density at radius 2 is 1.71 bits per heavy atom. The molecule has 9 heteroatoms. The summed E-state index contributed by atoms with van der Waals surface area (Å²) in [7, 11) is 0. The number of benzene rings is 2. The van der Waals surface area contributed by atoms with Crippen molar-refractivity contribution in [3.63, 3.8) is 0 Å². The van der Waals surface area contributed by atoms with Crippen LogP contribution in [0.3, 0.4) is 0 Å². The fourth-order valence-electron chi connectivity index (χ4n) is 4.53. The van der Waals surface area contributed by atoms with Gasteiger partial charge in [-0.25, -0.2) is 0 Å². The van der Waals surface area contributed by atoms with Crippen LogP contribution in [-0.2, 0) is 20.9 Å². The Kier molecular flexibility index (Phi) is 10.7. The largest absolute Gasteiger partial charge is 0.378 e. The predicted molar refractivity (Wildman–Crippen MR) is 153 cm³/mol. The Balaban J connectivity index is 1.32. The summed E-state index contributed by atoms with van der Waals surface area (Å²) in [4.78, 5) is 33.1. The Morgan fingerprint density at radius 3 is 2.42 bits per heavy atom. The van der Waals surface area contributed by atoms with Crippen LogP contribution in [0.25, 0.3) is 6.08 Å². The minimum atomic E-state index is -0.00328. The van der Waals surface area contributed by atoms with Crippen molar-refractivity contribution in [2.45, 2.75) is 36.2 Å². The number of carbonyl (C=O) groups excluding carboxylic acids is 2. The molecule has 38 heavy (non-hydrogen) atoms. The Labute approximate surface area is 235 Å². The zero-order valence-electron chi connectivity index (χ0n) is 22.2. The van der Waals surface area contributed by atoms with Crippen LogP contribution in [-0.4, -0.2) is 91.6 Å². The van der Waals surface area contributed by atoms with E-state index in [1.807, 2.05) is 38.1 Å². The molecule has 2 aliphatic rings. The summed E-state index contributed by atoms with van der Waals surface area (Å²) in [6, 6.07) is 14.5. The number of morpholine rings is 1. The number of rotatable bonds is 9. The van der Waals surface area contributed by atoms with Crippen LogP contribution in [0.5, 0.6) is 0 Å². The molecule has 1 N–H and O–H groups in total. The lowest BCUT2D eigenvalue weighted by atomic mass is 10.2. The van der Waals surface area contributed by atoms with Gasteiger partial charge in [-0.2, -0.15) is 0 Å². The van der Waals surface area contributed by atoms with E-state index in [0.717, 1.165) is 43.2 Å².